The van der Waals surface area contributed by atoms with Gasteiger partial charge in [-0.3, -0.25) is 4.79 Å². The molecule has 1 aliphatic rings. The molecule has 4 N–H and O–H groups in total. The Kier molecular flexibility index (Phi) is 10.2. The largest absolute Gasteiger partial charge is 0.485 e. The average molecular weight is 632 g/mol. The van der Waals surface area contributed by atoms with E-state index < -0.39 is 47.7 Å². The number of carbonyl (C=O) groups is 3. The summed E-state index contributed by atoms with van der Waals surface area (Å²) in [7, 11) is 1.54. The minimum atomic E-state index is -4.53. The number of nitrogens with one attached hydrogen (secondary N) is 3. The first-order chi connectivity index (χ1) is 21.3. The quantitative estimate of drug-likeness (QED) is 0.243. The van der Waals surface area contributed by atoms with Gasteiger partial charge in [0.2, 0.25) is 0 Å². The van der Waals surface area contributed by atoms with E-state index in [-0.39, 0.29) is 48.3 Å². The summed E-state index contributed by atoms with van der Waals surface area (Å²) in [5.41, 5.74) is -0.204. The van der Waals surface area contributed by atoms with E-state index in [1.165, 1.54) is 59.3 Å². The van der Waals surface area contributed by atoms with Crippen LogP contribution in [-0.4, -0.2) is 71.8 Å². The van der Waals surface area contributed by atoms with E-state index in [2.05, 4.69) is 16.0 Å². The summed E-state index contributed by atoms with van der Waals surface area (Å²) in [6.07, 6.45) is -5.24. The van der Waals surface area contributed by atoms with Crippen LogP contribution in [0.1, 0.15) is 29.8 Å². The van der Waals surface area contributed by atoms with Crippen LogP contribution in [0, 0.1) is 11.7 Å². The monoisotopic (exact) mass is 631 g/mol. The number of anilines is 3. The highest BCUT2D eigenvalue weighted by Gasteiger charge is 2.35. The molecule has 240 valence electrons. The molecule has 0 aliphatic carbocycles. The Labute approximate surface area is 257 Å². The van der Waals surface area contributed by atoms with Crippen molar-refractivity contribution in [2.45, 2.75) is 32.2 Å². The third kappa shape index (κ3) is 8.20. The van der Waals surface area contributed by atoms with Crippen LogP contribution in [0.2, 0.25) is 0 Å². The highest BCUT2D eigenvalue weighted by molar-refractivity contribution is 6.04. The van der Waals surface area contributed by atoms with Crippen LogP contribution in [-0.2, 0) is 6.18 Å². The number of para-hydroxylation sites is 1. The fourth-order valence-corrected chi connectivity index (χ4v) is 4.69. The molecule has 0 saturated heterocycles. The van der Waals surface area contributed by atoms with Gasteiger partial charge in [-0.15, -0.1) is 0 Å². The summed E-state index contributed by atoms with van der Waals surface area (Å²) in [5, 5.41) is 17.6. The maximum Gasteiger partial charge on any atom is 0.416 e. The molecule has 45 heavy (non-hydrogen) atoms. The number of aliphatic hydroxyl groups excluding tert-OH is 1. The first-order valence-electron chi connectivity index (χ1n) is 14.0. The normalized spacial score (nSPS) is 17.2. The maximum atomic E-state index is 13.7. The molecule has 3 aromatic carbocycles. The smallest absolute Gasteiger partial charge is 0.416 e. The molecule has 5 amide bonds. The number of urea groups is 2. The number of alkyl halides is 3. The van der Waals surface area contributed by atoms with Crippen molar-refractivity contribution < 1.29 is 41.8 Å². The van der Waals surface area contributed by atoms with Crippen LogP contribution in [0.4, 0.5) is 44.2 Å². The molecule has 4 rings (SSSR count). The summed E-state index contributed by atoms with van der Waals surface area (Å²) >= 11 is 0. The molecule has 1 heterocycles. The molecule has 10 nitrogen and oxygen atoms in total. The van der Waals surface area contributed by atoms with Gasteiger partial charge in [-0.05, 0) is 67.6 Å². The summed E-state index contributed by atoms with van der Waals surface area (Å²) < 4.78 is 58.4. The van der Waals surface area contributed by atoms with Crippen LogP contribution in [0.25, 0.3) is 0 Å². The summed E-state index contributed by atoms with van der Waals surface area (Å²) in [5.74, 6) is -1.26. The summed E-state index contributed by atoms with van der Waals surface area (Å²) in [4.78, 5) is 42.4. The number of rotatable bonds is 7. The molecule has 0 fully saturated rings. The van der Waals surface area contributed by atoms with Gasteiger partial charge in [0.05, 0.1) is 36.0 Å². The van der Waals surface area contributed by atoms with Crippen molar-refractivity contribution in [3.05, 3.63) is 83.7 Å². The van der Waals surface area contributed by atoms with Crippen LogP contribution in [0.5, 0.6) is 5.75 Å². The molecule has 14 heteroatoms. The van der Waals surface area contributed by atoms with Gasteiger partial charge in [-0.2, -0.15) is 13.2 Å². The number of benzene rings is 3. The lowest BCUT2D eigenvalue weighted by atomic mass is 9.99. The molecule has 3 atom stereocenters. The second-order valence-electron chi connectivity index (χ2n) is 10.8. The lowest BCUT2D eigenvalue weighted by Crippen LogP contribution is -2.50. The van der Waals surface area contributed by atoms with Crippen LogP contribution in [0.3, 0.4) is 0 Å². The second-order valence-corrected chi connectivity index (χ2v) is 10.8. The highest BCUT2D eigenvalue weighted by Crippen LogP contribution is 2.35. The lowest BCUT2D eigenvalue weighted by molar-refractivity contribution is -0.137. The summed E-state index contributed by atoms with van der Waals surface area (Å²) in [6.45, 7) is 3.41. The number of nitrogens with zero attached hydrogens (tertiary/aromatic N) is 2. The second kappa shape index (κ2) is 13.8. The fraction of sp³-hybridized carbons (Fsp3) is 0.323. The zero-order chi connectivity index (χ0) is 32.9. The van der Waals surface area contributed by atoms with E-state index in [0.717, 1.165) is 24.3 Å². The van der Waals surface area contributed by atoms with Gasteiger partial charge in [0.15, 0.2) is 5.75 Å². The van der Waals surface area contributed by atoms with Gasteiger partial charge >= 0.3 is 18.2 Å². The molecule has 0 aromatic heterocycles. The van der Waals surface area contributed by atoms with E-state index in [1.54, 1.807) is 6.92 Å². The number of likely N-dealkylation sites (N-methyl/N-ethyl adjacent to an activating group) is 1. The minimum absolute atomic E-state index is 0.0177. The van der Waals surface area contributed by atoms with Gasteiger partial charge in [0, 0.05) is 30.9 Å². The Hall–Kier alpha value is -4.85. The van der Waals surface area contributed by atoms with Crippen molar-refractivity contribution in [2.24, 2.45) is 5.92 Å². The van der Waals surface area contributed by atoms with Gasteiger partial charge in [0.1, 0.15) is 11.9 Å². The first-order valence-corrected chi connectivity index (χ1v) is 14.0. The van der Waals surface area contributed by atoms with Gasteiger partial charge in [0.25, 0.3) is 5.91 Å². The van der Waals surface area contributed by atoms with Crippen molar-refractivity contribution in [2.75, 3.05) is 42.7 Å². The van der Waals surface area contributed by atoms with Crippen LogP contribution in [0.15, 0.2) is 66.7 Å². The van der Waals surface area contributed by atoms with E-state index >= 15 is 0 Å². The number of ether oxygens (including phenoxy) is 1. The molecule has 0 radical (unpaired) electrons. The zero-order valence-electron chi connectivity index (χ0n) is 24.7. The average Bonchev–Trinajstić information content (AvgIpc) is 2.99. The number of aliphatic hydroxyl groups is 1. The topological polar surface area (TPSA) is 123 Å². The Bertz CT molecular complexity index is 1520. The zero-order valence-corrected chi connectivity index (χ0v) is 24.7. The Morgan fingerprint density at radius 3 is 2.27 bits per heavy atom. The molecule has 0 bridgehead atoms. The molecule has 0 saturated carbocycles. The van der Waals surface area contributed by atoms with E-state index in [9.17, 15) is 37.1 Å². The minimum Gasteiger partial charge on any atom is -0.485 e. The number of amides is 5. The van der Waals surface area contributed by atoms with Crippen LogP contribution >= 0.6 is 0 Å². The Morgan fingerprint density at radius 1 is 1.02 bits per heavy atom. The molecule has 0 spiro atoms. The SMILES string of the molecule is C[C@@H]1CN([C@H](C)CO)C(=O)c2cccc(NC(=O)Nc3ccc(C(F)(F)F)cc3)c2O[C@H]1CN(C)C(=O)Nc1ccc(F)cc1. The predicted molar refractivity (Wildman–Crippen MR) is 160 cm³/mol. The number of fused-ring (bicyclic) bond motifs is 1. The predicted octanol–water partition coefficient (Wildman–Crippen LogP) is 5.87. The first kappa shape index (κ1) is 33.1. The third-order valence-electron chi connectivity index (χ3n) is 7.31. The molecule has 3 aromatic rings. The van der Waals surface area contributed by atoms with Gasteiger partial charge in [-0.25, -0.2) is 14.0 Å². The van der Waals surface area contributed by atoms with Crippen LogP contribution < -0.4 is 20.7 Å². The number of carbonyl (C=O) groups excluding carboxylic acids is 3. The van der Waals surface area contributed by atoms with Gasteiger partial charge < -0.3 is 35.6 Å². The molecule has 1 aliphatic heterocycles. The third-order valence-corrected chi connectivity index (χ3v) is 7.31. The van der Waals surface area contributed by atoms with Gasteiger partial charge in [-0.1, -0.05) is 13.0 Å². The lowest BCUT2D eigenvalue weighted by Gasteiger charge is -2.38. The summed E-state index contributed by atoms with van der Waals surface area (Å²) in [6, 6.07) is 11.8. The molecule has 0 unspecified atom stereocenters. The Balaban J connectivity index is 1.59. The molecular weight excluding hydrogens is 598 g/mol. The van der Waals surface area contributed by atoms with E-state index in [0.29, 0.717) is 5.69 Å². The van der Waals surface area contributed by atoms with Crippen molar-refractivity contribution in [3.63, 3.8) is 0 Å². The number of hydrogen-bond acceptors (Lipinski definition) is 5. The Morgan fingerprint density at radius 2 is 1.64 bits per heavy atom. The van der Waals surface area contributed by atoms with Crippen molar-refractivity contribution in [3.8, 4) is 5.75 Å². The molecular formula is C31H33F4N5O5. The standard InChI is InChI=1S/C31H33F4N5O5/c1-18-15-40(19(2)17-41)28(42)24-5-4-6-25(38-29(43)36-22-11-7-20(8-12-22)31(33,34)35)27(24)45-26(18)16-39(3)30(44)37-23-13-9-21(32)10-14-23/h4-14,18-19,26,41H,15-17H2,1-3H3,(H,37,44)(H2,36,38,43)/t18-,19-,26+/m1/s1. The number of hydrogen-bond donors (Lipinski definition) is 4. The highest BCUT2D eigenvalue weighted by atomic mass is 19.4. The number of halogens is 4. The fourth-order valence-electron chi connectivity index (χ4n) is 4.69. The van der Waals surface area contributed by atoms with E-state index in [4.69, 9.17) is 4.74 Å². The van der Waals surface area contributed by atoms with E-state index in [1.807, 2.05) is 6.92 Å². The van der Waals surface area contributed by atoms with Crippen molar-refractivity contribution in [1.29, 1.82) is 0 Å². The maximum absolute atomic E-state index is 13.7. The van der Waals surface area contributed by atoms with Crippen molar-refractivity contribution >= 4 is 35.0 Å². The van der Waals surface area contributed by atoms with Crippen molar-refractivity contribution in [1.82, 2.24) is 9.80 Å².